The van der Waals surface area contributed by atoms with Crippen molar-refractivity contribution in [3.05, 3.63) is 82.2 Å². The van der Waals surface area contributed by atoms with Gasteiger partial charge >= 0.3 is 0 Å². The van der Waals surface area contributed by atoms with Gasteiger partial charge in [0.25, 0.3) is 5.91 Å². The van der Waals surface area contributed by atoms with Crippen LogP contribution < -0.4 is 5.32 Å². The van der Waals surface area contributed by atoms with Gasteiger partial charge in [-0.2, -0.15) is 5.10 Å². The molecule has 0 saturated carbocycles. The fourth-order valence-corrected chi connectivity index (χ4v) is 2.59. The standard InChI is InChI=1S/C17H13BrFN3O/c18-15-4-2-1-3-14(15)17(23)20-16-9-10-22(21-16)11-12-5-7-13(19)8-6-12/h1-10H,11H2,(H,20,21,23). The number of hydrogen-bond donors (Lipinski definition) is 1. The minimum Gasteiger partial charge on any atom is -0.305 e. The number of hydrogen-bond acceptors (Lipinski definition) is 2. The number of aromatic nitrogens is 2. The van der Waals surface area contributed by atoms with E-state index in [0.29, 0.717) is 17.9 Å². The quantitative estimate of drug-likeness (QED) is 0.748. The molecule has 0 radical (unpaired) electrons. The molecule has 0 unspecified atom stereocenters. The number of carbonyl (C=O) groups is 1. The summed E-state index contributed by atoms with van der Waals surface area (Å²) in [6.07, 6.45) is 1.76. The van der Waals surface area contributed by atoms with Gasteiger partial charge in [0.2, 0.25) is 0 Å². The lowest BCUT2D eigenvalue weighted by Gasteiger charge is -2.04. The normalized spacial score (nSPS) is 10.5. The van der Waals surface area contributed by atoms with E-state index >= 15 is 0 Å². The van der Waals surface area contributed by atoms with Crippen LogP contribution in [-0.2, 0) is 6.54 Å². The molecule has 4 nitrogen and oxygen atoms in total. The Hall–Kier alpha value is -2.47. The molecule has 1 amide bonds. The van der Waals surface area contributed by atoms with Crippen LogP contribution >= 0.6 is 15.9 Å². The van der Waals surface area contributed by atoms with E-state index in [9.17, 15) is 9.18 Å². The lowest BCUT2D eigenvalue weighted by Crippen LogP contribution is -2.13. The van der Waals surface area contributed by atoms with Gasteiger partial charge in [-0.15, -0.1) is 0 Å². The molecule has 116 valence electrons. The summed E-state index contributed by atoms with van der Waals surface area (Å²) in [4.78, 5) is 12.2. The van der Waals surface area contributed by atoms with Crippen molar-refractivity contribution in [2.75, 3.05) is 5.32 Å². The van der Waals surface area contributed by atoms with Crippen molar-refractivity contribution in [3.63, 3.8) is 0 Å². The molecule has 2 aromatic carbocycles. The third-order valence-electron chi connectivity index (χ3n) is 3.26. The van der Waals surface area contributed by atoms with Crippen LogP contribution in [0.3, 0.4) is 0 Å². The maximum absolute atomic E-state index is 12.9. The van der Waals surface area contributed by atoms with Crippen molar-refractivity contribution >= 4 is 27.7 Å². The molecular weight excluding hydrogens is 361 g/mol. The van der Waals surface area contributed by atoms with Gasteiger partial charge in [0.05, 0.1) is 12.1 Å². The maximum Gasteiger partial charge on any atom is 0.258 e. The van der Waals surface area contributed by atoms with Gasteiger partial charge in [-0.1, -0.05) is 24.3 Å². The lowest BCUT2D eigenvalue weighted by molar-refractivity contribution is 0.102. The topological polar surface area (TPSA) is 46.9 Å². The zero-order chi connectivity index (χ0) is 16.2. The van der Waals surface area contributed by atoms with Crippen LogP contribution in [0.2, 0.25) is 0 Å². The summed E-state index contributed by atoms with van der Waals surface area (Å²) < 4.78 is 15.3. The number of rotatable bonds is 4. The van der Waals surface area contributed by atoms with E-state index in [1.807, 2.05) is 12.1 Å². The number of amides is 1. The number of carbonyl (C=O) groups excluding carboxylic acids is 1. The number of nitrogens with zero attached hydrogens (tertiary/aromatic N) is 2. The molecule has 3 aromatic rings. The molecule has 0 aliphatic heterocycles. The summed E-state index contributed by atoms with van der Waals surface area (Å²) in [5.41, 5.74) is 1.47. The second-order valence-electron chi connectivity index (χ2n) is 4.96. The van der Waals surface area contributed by atoms with E-state index in [1.54, 1.807) is 41.2 Å². The molecule has 1 heterocycles. The Morgan fingerprint density at radius 2 is 1.87 bits per heavy atom. The van der Waals surface area contributed by atoms with Crippen LogP contribution in [0.1, 0.15) is 15.9 Å². The maximum atomic E-state index is 12.9. The highest BCUT2D eigenvalue weighted by Gasteiger charge is 2.11. The first-order valence-corrected chi connectivity index (χ1v) is 7.75. The SMILES string of the molecule is O=C(Nc1ccn(Cc2ccc(F)cc2)n1)c1ccccc1Br. The Labute approximate surface area is 141 Å². The van der Waals surface area contributed by atoms with Crippen molar-refractivity contribution in [1.82, 2.24) is 9.78 Å². The number of nitrogens with one attached hydrogen (secondary N) is 1. The predicted molar refractivity (Wildman–Crippen MR) is 89.8 cm³/mol. The van der Waals surface area contributed by atoms with Gasteiger partial charge in [-0.3, -0.25) is 9.48 Å². The second-order valence-corrected chi connectivity index (χ2v) is 5.81. The highest BCUT2D eigenvalue weighted by molar-refractivity contribution is 9.10. The third-order valence-corrected chi connectivity index (χ3v) is 3.95. The molecule has 0 aliphatic rings. The summed E-state index contributed by atoms with van der Waals surface area (Å²) in [5, 5.41) is 7.05. The molecule has 0 atom stereocenters. The average Bonchev–Trinajstić information content (AvgIpc) is 2.97. The van der Waals surface area contributed by atoms with E-state index in [4.69, 9.17) is 0 Å². The van der Waals surface area contributed by atoms with Gasteiger partial charge in [-0.05, 0) is 45.8 Å². The van der Waals surface area contributed by atoms with Crippen molar-refractivity contribution < 1.29 is 9.18 Å². The molecule has 6 heteroatoms. The van der Waals surface area contributed by atoms with Crippen LogP contribution in [0.25, 0.3) is 0 Å². The van der Waals surface area contributed by atoms with E-state index < -0.39 is 0 Å². The zero-order valence-electron chi connectivity index (χ0n) is 12.0. The molecule has 3 rings (SSSR count). The van der Waals surface area contributed by atoms with Crippen LogP contribution in [0.15, 0.2) is 65.3 Å². The third kappa shape index (κ3) is 3.84. The fraction of sp³-hybridized carbons (Fsp3) is 0.0588. The minimum absolute atomic E-state index is 0.232. The van der Waals surface area contributed by atoms with Crippen LogP contribution in [0.5, 0.6) is 0 Å². The van der Waals surface area contributed by atoms with Crippen molar-refractivity contribution in [2.45, 2.75) is 6.54 Å². The molecule has 1 N–H and O–H groups in total. The molecular formula is C17H13BrFN3O. The Morgan fingerprint density at radius 1 is 1.13 bits per heavy atom. The zero-order valence-corrected chi connectivity index (χ0v) is 13.6. The van der Waals surface area contributed by atoms with Crippen LogP contribution in [0.4, 0.5) is 10.2 Å². The van der Waals surface area contributed by atoms with Gasteiger partial charge in [0.15, 0.2) is 5.82 Å². The van der Waals surface area contributed by atoms with Crippen LogP contribution in [-0.4, -0.2) is 15.7 Å². The second kappa shape index (κ2) is 6.75. The summed E-state index contributed by atoms with van der Waals surface area (Å²) in [6, 6.07) is 15.1. The van der Waals surface area contributed by atoms with Gasteiger partial charge in [0.1, 0.15) is 5.82 Å². The minimum atomic E-state index is -0.268. The van der Waals surface area contributed by atoms with Crippen molar-refractivity contribution in [3.8, 4) is 0 Å². The van der Waals surface area contributed by atoms with E-state index in [-0.39, 0.29) is 11.7 Å². The summed E-state index contributed by atoms with van der Waals surface area (Å²) in [6.45, 7) is 0.505. The van der Waals surface area contributed by atoms with E-state index in [0.717, 1.165) is 10.0 Å². The van der Waals surface area contributed by atoms with Crippen molar-refractivity contribution in [1.29, 1.82) is 0 Å². The molecule has 0 aliphatic carbocycles. The first kappa shape index (κ1) is 15.4. The average molecular weight is 374 g/mol. The highest BCUT2D eigenvalue weighted by atomic mass is 79.9. The Bertz CT molecular complexity index is 830. The number of benzene rings is 2. The Balaban J connectivity index is 1.69. The van der Waals surface area contributed by atoms with E-state index in [1.165, 1.54) is 12.1 Å². The van der Waals surface area contributed by atoms with Gasteiger partial charge in [-0.25, -0.2) is 4.39 Å². The van der Waals surface area contributed by atoms with Crippen molar-refractivity contribution in [2.24, 2.45) is 0 Å². The Kier molecular flexibility index (Phi) is 4.52. The first-order chi connectivity index (χ1) is 11.1. The summed E-state index contributed by atoms with van der Waals surface area (Å²) in [7, 11) is 0. The van der Waals surface area contributed by atoms with E-state index in [2.05, 4.69) is 26.3 Å². The molecule has 1 aromatic heterocycles. The summed E-state index contributed by atoms with van der Waals surface area (Å²) >= 11 is 3.35. The molecule has 0 saturated heterocycles. The first-order valence-electron chi connectivity index (χ1n) is 6.95. The smallest absolute Gasteiger partial charge is 0.258 e. The van der Waals surface area contributed by atoms with Gasteiger partial charge < -0.3 is 5.32 Å². The lowest BCUT2D eigenvalue weighted by atomic mass is 10.2. The molecule has 0 bridgehead atoms. The largest absolute Gasteiger partial charge is 0.305 e. The molecule has 0 spiro atoms. The number of halogens is 2. The van der Waals surface area contributed by atoms with Crippen LogP contribution in [0, 0.1) is 5.82 Å². The highest BCUT2D eigenvalue weighted by Crippen LogP contribution is 2.17. The monoisotopic (exact) mass is 373 g/mol. The predicted octanol–water partition coefficient (Wildman–Crippen LogP) is 4.09. The Morgan fingerprint density at radius 3 is 2.61 bits per heavy atom. The molecule has 23 heavy (non-hydrogen) atoms. The van der Waals surface area contributed by atoms with Gasteiger partial charge in [0, 0.05) is 16.7 Å². The molecule has 0 fully saturated rings. The summed E-state index contributed by atoms with van der Waals surface area (Å²) in [5.74, 6) is -0.0343. The number of anilines is 1. The fourth-order valence-electron chi connectivity index (χ4n) is 2.12.